The fraction of sp³-hybridized carbons (Fsp3) is 0.467. The van der Waals surface area contributed by atoms with Crippen molar-refractivity contribution in [1.29, 1.82) is 0 Å². The van der Waals surface area contributed by atoms with Gasteiger partial charge in [-0.25, -0.2) is 8.78 Å². The minimum absolute atomic E-state index is 0.166. The highest BCUT2D eigenvalue weighted by Crippen LogP contribution is 2.29. The molecule has 2 atom stereocenters. The molecule has 0 amide bonds. The van der Waals surface area contributed by atoms with E-state index in [1.807, 2.05) is 18.5 Å². The third kappa shape index (κ3) is 2.86. The minimum atomic E-state index is -0.563. The van der Waals surface area contributed by atoms with E-state index in [1.54, 1.807) is 6.33 Å². The summed E-state index contributed by atoms with van der Waals surface area (Å²) in [6, 6.07) is 3.55. The van der Waals surface area contributed by atoms with Crippen LogP contribution in [0, 0.1) is 11.6 Å². The van der Waals surface area contributed by atoms with Crippen molar-refractivity contribution in [1.82, 2.24) is 19.7 Å². The summed E-state index contributed by atoms with van der Waals surface area (Å²) < 4.78 is 34.6. The van der Waals surface area contributed by atoms with E-state index in [1.165, 1.54) is 12.1 Å². The Bertz CT molecular complexity index is 661. The predicted molar refractivity (Wildman–Crippen MR) is 76.0 cm³/mol. The van der Waals surface area contributed by atoms with Crippen LogP contribution in [0.1, 0.15) is 30.5 Å². The van der Waals surface area contributed by atoms with Crippen molar-refractivity contribution < 1.29 is 13.5 Å². The summed E-state index contributed by atoms with van der Waals surface area (Å²) in [5.41, 5.74) is 0.486. The third-order valence-electron chi connectivity index (χ3n) is 4.09. The van der Waals surface area contributed by atoms with Crippen LogP contribution in [0.25, 0.3) is 0 Å². The van der Waals surface area contributed by atoms with Gasteiger partial charge in [0, 0.05) is 37.8 Å². The number of halogens is 2. The van der Waals surface area contributed by atoms with Crippen molar-refractivity contribution in [2.24, 2.45) is 7.05 Å². The summed E-state index contributed by atoms with van der Waals surface area (Å²) in [6.45, 7) is 3.72. The topological polar surface area (TPSA) is 43.2 Å². The lowest BCUT2D eigenvalue weighted by Gasteiger charge is -2.36. The number of rotatable bonds is 3. The first kappa shape index (κ1) is 15.1. The number of nitrogens with zero attached hydrogens (tertiary/aromatic N) is 4. The second kappa shape index (κ2) is 6.10. The molecule has 5 nitrogen and oxygen atoms in total. The molecule has 3 rings (SSSR count). The number of aryl methyl sites for hydroxylation is 1. The number of aromatic nitrogens is 3. The maximum Gasteiger partial charge on any atom is 0.163 e. The highest BCUT2D eigenvalue weighted by molar-refractivity contribution is 5.22. The van der Waals surface area contributed by atoms with Crippen LogP contribution in [0.3, 0.4) is 0 Å². The smallest absolute Gasteiger partial charge is 0.163 e. The molecule has 2 heterocycles. The standard InChI is InChI=1S/C15H18F2N4O/c1-10(12-4-3-11(16)7-13(12)17)21-5-6-22-14(8-21)15-19-18-9-20(15)2/h3-4,7,9-10,14H,5-6,8H2,1-2H3/t10-,14+/m1/s1. The molecule has 0 bridgehead atoms. The number of ether oxygens (including phenoxy) is 1. The minimum Gasteiger partial charge on any atom is -0.368 e. The van der Waals surface area contributed by atoms with E-state index in [2.05, 4.69) is 15.1 Å². The summed E-state index contributed by atoms with van der Waals surface area (Å²) in [5, 5.41) is 7.93. The van der Waals surface area contributed by atoms with Crippen LogP contribution >= 0.6 is 0 Å². The fourth-order valence-corrected chi connectivity index (χ4v) is 2.80. The van der Waals surface area contributed by atoms with Gasteiger partial charge in [-0.05, 0) is 13.0 Å². The largest absolute Gasteiger partial charge is 0.368 e. The molecule has 1 saturated heterocycles. The van der Waals surface area contributed by atoms with Crippen LogP contribution in [0.2, 0.25) is 0 Å². The lowest BCUT2D eigenvalue weighted by Crippen LogP contribution is -2.40. The van der Waals surface area contributed by atoms with Crippen molar-refractivity contribution in [3.05, 3.63) is 47.5 Å². The van der Waals surface area contributed by atoms with Crippen molar-refractivity contribution in [2.45, 2.75) is 19.1 Å². The second-order valence-corrected chi connectivity index (χ2v) is 5.50. The summed E-state index contributed by atoms with van der Waals surface area (Å²) in [6.07, 6.45) is 1.42. The first-order chi connectivity index (χ1) is 10.6. The molecule has 0 unspecified atom stereocenters. The molecule has 0 spiro atoms. The highest BCUT2D eigenvalue weighted by atomic mass is 19.1. The Hall–Kier alpha value is -1.86. The fourth-order valence-electron chi connectivity index (χ4n) is 2.80. The first-order valence-electron chi connectivity index (χ1n) is 7.20. The lowest BCUT2D eigenvalue weighted by atomic mass is 10.0. The van der Waals surface area contributed by atoms with Crippen LogP contribution < -0.4 is 0 Å². The molecule has 1 aliphatic rings. The molecule has 1 fully saturated rings. The average molecular weight is 308 g/mol. The lowest BCUT2D eigenvalue weighted by molar-refractivity contribution is -0.0487. The van der Waals surface area contributed by atoms with Gasteiger partial charge in [0.15, 0.2) is 5.82 Å². The van der Waals surface area contributed by atoms with E-state index in [0.29, 0.717) is 25.3 Å². The molecule has 0 N–H and O–H groups in total. The zero-order valence-corrected chi connectivity index (χ0v) is 12.5. The summed E-state index contributed by atoms with van der Waals surface area (Å²) >= 11 is 0. The van der Waals surface area contributed by atoms with Gasteiger partial charge < -0.3 is 9.30 Å². The molecular weight excluding hydrogens is 290 g/mol. The molecule has 1 aromatic heterocycles. The molecule has 1 aliphatic heterocycles. The molecule has 118 valence electrons. The predicted octanol–water partition coefficient (Wildman–Crippen LogP) is 2.23. The summed E-state index contributed by atoms with van der Waals surface area (Å²) in [4.78, 5) is 2.11. The van der Waals surface area contributed by atoms with Crippen molar-refractivity contribution >= 4 is 0 Å². The quantitative estimate of drug-likeness (QED) is 0.872. The number of morpholine rings is 1. The van der Waals surface area contributed by atoms with Crippen molar-refractivity contribution in [3.63, 3.8) is 0 Å². The van der Waals surface area contributed by atoms with Gasteiger partial charge in [0.2, 0.25) is 0 Å². The number of hydrogen-bond donors (Lipinski definition) is 0. The van der Waals surface area contributed by atoms with Gasteiger partial charge in [0.25, 0.3) is 0 Å². The van der Waals surface area contributed by atoms with Gasteiger partial charge in [-0.3, -0.25) is 4.90 Å². The first-order valence-corrected chi connectivity index (χ1v) is 7.20. The Balaban J connectivity index is 1.78. The molecule has 2 aromatic rings. The Morgan fingerprint density at radius 2 is 2.18 bits per heavy atom. The van der Waals surface area contributed by atoms with E-state index in [4.69, 9.17) is 4.74 Å². The monoisotopic (exact) mass is 308 g/mol. The van der Waals surface area contributed by atoms with Gasteiger partial charge >= 0.3 is 0 Å². The number of benzene rings is 1. The third-order valence-corrected chi connectivity index (χ3v) is 4.09. The number of hydrogen-bond acceptors (Lipinski definition) is 4. The van der Waals surface area contributed by atoms with Crippen LogP contribution in [-0.2, 0) is 11.8 Å². The average Bonchev–Trinajstić information content (AvgIpc) is 2.93. The second-order valence-electron chi connectivity index (χ2n) is 5.50. The Morgan fingerprint density at radius 3 is 2.86 bits per heavy atom. The van der Waals surface area contributed by atoms with Gasteiger partial charge in [-0.15, -0.1) is 10.2 Å². The molecular formula is C15H18F2N4O. The highest BCUT2D eigenvalue weighted by Gasteiger charge is 2.29. The molecule has 1 aromatic carbocycles. The maximum atomic E-state index is 14.0. The summed E-state index contributed by atoms with van der Waals surface area (Å²) in [5.74, 6) is -0.335. The molecule has 22 heavy (non-hydrogen) atoms. The van der Waals surface area contributed by atoms with E-state index >= 15 is 0 Å². The SMILES string of the molecule is C[C@H](c1ccc(F)cc1F)N1CCO[C@H](c2nncn2C)C1. The van der Waals surface area contributed by atoms with Crippen molar-refractivity contribution in [3.8, 4) is 0 Å². The molecule has 0 radical (unpaired) electrons. The normalized spacial score (nSPS) is 21.0. The Kier molecular flexibility index (Phi) is 4.17. The molecule has 0 aliphatic carbocycles. The van der Waals surface area contributed by atoms with E-state index in [-0.39, 0.29) is 12.1 Å². The van der Waals surface area contributed by atoms with Crippen LogP contribution in [0.15, 0.2) is 24.5 Å². The maximum absolute atomic E-state index is 14.0. The van der Waals surface area contributed by atoms with E-state index < -0.39 is 11.6 Å². The van der Waals surface area contributed by atoms with Gasteiger partial charge in [-0.1, -0.05) is 6.07 Å². The van der Waals surface area contributed by atoms with E-state index in [9.17, 15) is 8.78 Å². The zero-order valence-electron chi connectivity index (χ0n) is 12.5. The van der Waals surface area contributed by atoms with Crippen LogP contribution in [-0.4, -0.2) is 39.4 Å². The van der Waals surface area contributed by atoms with Crippen LogP contribution in [0.5, 0.6) is 0 Å². The van der Waals surface area contributed by atoms with Gasteiger partial charge in [-0.2, -0.15) is 0 Å². The van der Waals surface area contributed by atoms with Crippen molar-refractivity contribution in [2.75, 3.05) is 19.7 Å². The van der Waals surface area contributed by atoms with Gasteiger partial charge in [0.05, 0.1) is 6.61 Å². The Morgan fingerprint density at radius 1 is 1.36 bits per heavy atom. The Labute approximate surface area is 127 Å². The van der Waals surface area contributed by atoms with E-state index in [0.717, 1.165) is 11.9 Å². The molecule has 0 saturated carbocycles. The summed E-state index contributed by atoms with van der Waals surface area (Å²) in [7, 11) is 1.86. The zero-order chi connectivity index (χ0) is 15.7. The van der Waals surface area contributed by atoms with Gasteiger partial charge in [0.1, 0.15) is 24.1 Å². The van der Waals surface area contributed by atoms with Crippen LogP contribution in [0.4, 0.5) is 8.78 Å². The molecule has 7 heteroatoms.